The maximum absolute atomic E-state index is 13.2. The summed E-state index contributed by atoms with van der Waals surface area (Å²) in [6, 6.07) is 5.89. The largest absolute Gasteiger partial charge is 0.494 e. The molecule has 3 unspecified atom stereocenters. The van der Waals surface area contributed by atoms with Crippen LogP contribution >= 0.6 is 0 Å². The van der Waals surface area contributed by atoms with Crippen LogP contribution in [0, 0.1) is 11.7 Å². The Morgan fingerprint density at radius 3 is 2.75 bits per heavy atom. The van der Waals surface area contributed by atoms with Crippen LogP contribution in [0.5, 0.6) is 5.75 Å². The summed E-state index contributed by atoms with van der Waals surface area (Å²) in [5.74, 6) is 0.776. The van der Waals surface area contributed by atoms with Crippen molar-refractivity contribution in [3.05, 3.63) is 29.6 Å². The Balaban J connectivity index is 2.07. The van der Waals surface area contributed by atoms with E-state index >= 15 is 0 Å². The number of methoxy groups -OCH3 is 1. The smallest absolute Gasteiger partial charge is 0.165 e. The fourth-order valence-corrected chi connectivity index (χ4v) is 1.92. The van der Waals surface area contributed by atoms with Gasteiger partial charge in [0.1, 0.15) is 0 Å². The van der Waals surface area contributed by atoms with Crippen molar-refractivity contribution in [1.82, 2.24) is 5.32 Å². The van der Waals surface area contributed by atoms with E-state index < -0.39 is 0 Å². The molecule has 16 heavy (non-hydrogen) atoms. The average molecular weight is 223 g/mol. The van der Waals surface area contributed by atoms with Crippen molar-refractivity contribution < 1.29 is 9.13 Å². The van der Waals surface area contributed by atoms with Gasteiger partial charge in [0.15, 0.2) is 11.6 Å². The van der Waals surface area contributed by atoms with E-state index in [-0.39, 0.29) is 11.9 Å². The second kappa shape index (κ2) is 4.42. The third-order valence-electron chi connectivity index (χ3n) is 3.25. The van der Waals surface area contributed by atoms with E-state index in [0.29, 0.717) is 11.8 Å². The van der Waals surface area contributed by atoms with Gasteiger partial charge in [-0.05, 0) is 37.0 Å². The molecule has 2 rings (SSSR count). The van der Waals surface area contributed by atoms with Gasteiger partial charge >= 0.3 is 0 Å². The van der Waals surface area contributed by atoms with Gasteiger partial charge in [0.05, 0.1) is 7.11 Å². The van der Waals surface area contributed by atoms with Crippen molar-refractivity contribution in [2.75, 3.05) is 7.11 Å². The molecule has 3 heteroatoms. The number of halogens is 1. The van der Waals surface area contributed by atoms with E-state index in [1.165, 1.54) is 19.6 Å². The Bertz CT molecular complexity index is 380. The number of hydrogen-bond acceptors (Lipinski definition) is 2. The quantitative estimate of drug-likeness (QED) is 0.847. The lowest BCUT2D eigenvalue weighted by Gasteiger charge is -2.15. The van der Waals surface area contributed by atoms with Crippen molar-refractivity contribution in [3.63, 3.8) is 0 Å². The van der Waals surface area contributed by atoms with Gasteiger partial charge in [0.2, 0.25) is 0 Å². The van der Waals surface area contributed by atoms with Gasteiger partial charge in [-0.2, -0.15) is 0 Å². The van der Waals surface area contributed by atoms with Crippen molar-refractivity contribution in [1.29, 1.82) is 0 Å². The minimum absolute atomic E-state index is 0.240. The maximum Gasteiger partial charge on any atom is 0.165 e. The lowest BCUT2D eigenvalue weighted by atomic mass is 10.1. The molecule has 0 radical (unpaired) electrons. The molecule has 1 aromatic carbocycles. The zero-order valence-electron chi connectivity index (χ0n) is 9.96. The van der Waals surface area contributed by atoms with Crippen LogP contribution in [0.15, 0.2) is 18.2 Å². The molecule has 1 aromatic rings. The van der Waals surface area contributed by atoms with E-state index in [0.717, 1.165) is 11.5 Å². The molecular formula is C13H18FNO. The molecule has 1 aliphatic rings. The third kappa shape index (κ3) is 2.35. The fourth-order valence-electron chi connectivity index (χ4n) is 1.92. The first-order chi connectivity index (χ1) is 7.61. The Morgan fingerprint density at radius 1 is 1.50 bits per heavy atom. The number of hydrogen-bond donors (Lipinski definition) is 1. The number of nitrogens with one attached hydrogen (secondary N) is 1. The molecule has 0 heterocycles. The summed E-state index contributed by atoms with van der Waals surface area (Å²) < 4.78 is 18.2. The van der Waals surface area contributed by atoms with Crippen molar-refractivity contribution in [3.8, 4) is 5.75 Å². The summed E-state index contributed by atoms with van der Waals surface area (Å²) in [4.78, 5) is 0. The summed E-state index contributed by atoms with van der Waals surface area (Å²) in [5, 5.41) is 3.51. The lowest BCUT2D eigenvalue weighted by Crippen LogP contribution is -2.22. The molecule has 0 amide bonds. The van der Waals surface area contributed by atoms with Crippen LogP contribution in [0.3, 0.4) is 0 Å². The van der Waals surface area contributed by atoms with E-state index in [1.54, 1.807) is 6.07 Å². The van der Waals surface area contributed by atoms with Gasteiger partial charge in [-0.3, -0.25) is 0 Å². The highest BCUT2D eigenvalue weighted by Gasteiger charge is 2.33. The monoisotopic (exact) mass is 223 g/mol. The third-order valence-corrected chi connectivity index (χ3v) is 3.25. The second-order valence-corrected chi connectivity index (χ2v) is 4.60. The number of benzene rings is 1. The van der Waals surface area contributed by atoms with Crippen LogP contribution in [0.1, 0.15) is 31.9 Å². The van der Waals surface area contributed by atoms with Gasteiger partial charge in [0, 0.05) is 12.1 Å². The molecule has 1 fully saturated rings. The normalized spacial score (nSPS) is 25.2. The van der Waals surface area contributed by atoms with Crippen molar-refractivity contribution in [2.45, 2.75) is 32.4 Å². The molecule has 0 spiro atoms. The maximum atomic E-state index is 13.2. The summed E-state index contributed by atoms with van der Waals surface area (Å²) in [7, 11) is 1.49. The van der Waals surface area contributed by atoms with Crippen LogP contribution in [0.2, 0.25) is 0 Å². The fraction of sp³-hybridized carbons (Fsp3) is 0.538. The first kappa shape index (κ1) is 11.4. The van der Waals surface area contributed by atoms with Crippen LogP contribution in [-0.2, 0) is 0 Å². The highest BCUT2D eigenvalue weighted by Crippen LogP contribution is 2.32. The van der Waals surface area contributed by atoms with E-state index in [9.17, 15) is 4.39 Å². The highest BCUT2D eigenvalue weighted by molar-refractivity contribution is 5.32. The van der Waals surface area contributed by atoms with E-state index in [4.69, 9.17) is 4.74 Å². The molecule has 0 aromatic heterocycles. The van der Waals surface area contributed by atoms with Crippen molar-refractivity contribution >= 4 is 0 Å². The van der Waals surface area contributed by atoms with Crippen molar-refractivity contribution in [2.24, 2.45) is 5.92 Å². The zero-order chi connectivity index (χ0) is 11.7. The number of rotatable bonds is 4. The second-order valence-electron chi connectivity index (χ2n) is 4.60. The Kier molecular flexibility index (Phi) is 3.15. The summed E-state index contributed by atoms with van der Waals surface area (Å²) in [5.41, 5.74) is 1.07. The van der Waals surface area contributed by atoms with E-state index in [1.807, 2.05) is 6.07 Å². The van der Waals surface area contributed by atoms with Crippen LogP contribution in [0.25, 0.3) is 0 Å². The SMILES string of the molecule is COc1cc(C(C)NC2CC2C)ccc1F. The molecule has 1 aliphatic carbocycles. The first-order valence-corrected chi connectivity index (χ1v) is 5.71. The predicted octanol–water partition coefficient (Wildman–Crippen LogP) is 2.89. The predicted molar refractivity (Wildman–Crippen MR) is 62.1 cm³/mol. The highest BCUT2D eigenvalue weighted by atomic mass is 19.1. The van der Waals surface area contributed by atoms with Gasteiger partial charge < -0.3 is 10.1 Å². The Hall–Kier alpha value is -1.09. The minimum atomic E-state index is -0.307. The molecule has 3 atom stereocenters. The van der Waals surface area contributed by atoms with E-state index in [2.05, 4.69) is 19.2 Å². The summed E-state index contributed by atoms with van der Waals surface area (Å²) in [6.07, 6.45) is 1.24. The van der Waals surface area contributed by atoms with Gasteiger partial charge in [0.25, 0.3) is 0 Å². The number of ether oxygens (including phenoxy) is 1. The molecular weight excluding hydrogens is 205 g/mol. The van der Waals surface area contributed by atoms with Gasteiger partial charge in [-0.15, -0.1) is 0 Å². The molecule has 88 valence electrons. The van der Waals surface area contributed by atoms with Crippen LogP contribution in [-0.4, -0.2) is 13.2 Å². The van der Waals surface area contributed by atoms with Crippen LogP contribution < -0.4 is 10.1 Å². The molecule has 0 saturated heterocycles. The Morgan fingerprint density at radius 2 is 2.19 bits per heavy atom. The first-order valence-electron chi connectivity index (χ1n) is 5.71. The van der Waals surface area contributed by atoms with Crippen LogP contribution in [0.4, 0.5) is 4.39 Å². The molecule has 1 N–H and O–H groups in total. The zero-order valence-corrected chi connectivity index (χ0v) is 9.96. The standard InChI is InChI=1S/C13H18FNO/c1-8-6-12(8)15-9(2)10-4-5-11(14)13(7-10)16-3/h4-5,7-9,12,15H,6H2,1-3H3. The van der Waals surface area contributed by atoms with Gasteiger partial charge in [-0.1, -0.05) is 13.0 Å². The molecule has 0 bridgehead atoms. The lowest BCUT2D eigenvalue weighted by molar-refractivity contribution is 0.385. The topological polar surface area (TPSA) is 21.3 Å². The minimum Gasteiger partial charge on any atom is -0.494 e. The molecule has 2 nitrogen and oxygen atoms in total. The van der Waals surface area contributed by atoms with Gasteiger partial charge in [-0.25, -0.2) is 4.39 Å². The Labute approximate surface area is 95.8 Å². The summed E-state index contributed by atoms with van der Waals surface area (Å²) >= 11 is 0. The average Bonchev–Trinajstić information content (AvgIpc) is 2.94. The summed E-state index contributed by atoms with van der Waals surface area (Å²) in [6.45, 7) is 4.33. The molecule has 1 saturated carbocycles. The molecule has 0 aliphatic heterocycles.